The molecule has 5 rings (SSSR count). The van der Waals surface area contributed by atoms with Crippen molar-refractivity contribution >= 4 is 16.9 Å². The number of aryl methyl sites for hydroxylation is 3. The van der Waals surface area contributed by atoms with Crippen molar-refractivity contribution in [2.45, 2.75) is 88.0 Å². The average Bonchev–Trinajstić information content (AvgIpc) is 3.23. The lowest BCUT2D eigenvalue weighted by Crippen LogP contribution is -2.32. The van der Waals surface area contributed by atoms with Crippen molar-refractivity contribution in [3.8, 4) is 11.4 Å². The predicted octanol–water partition coefficient (Wildman–Crippen LogP) is 5.77. The van der Waals surface area contributed by atoms with Crippen LogP contribution >= 0.6 is 0 Å². The molecule has 0 radical (unpaired) electrons. The molecule has 0 saturated carbocycles. The minimum Gasteiger partial charge on any atom is -0.458 e. The van der Waals surface area contributed by atoms with Gasteiger partial charge in [0.25, 0.3) is 5.56 Å². The van der Waals surface area contributed by atoms with Crippen LogP contribution in [0, 0.1) is 13.8 Å². The highest BCUT2D eigenvalue weighted by Gasteiger charge is 2.34. The second-order valence-corrected chi connectivity index (χ2v) is 7.59. The molecule has 0 fully saturated rings. The van der Waals surface area contributed by atoms with Crippen LogP contribution in [0.3, 0.4) is 0 Å². The highest BCUT2D eigenvalue weighted by atomic mass is 16.5. The summed E-state index contributed by atoms with van der Waals surface area (Å²) in [6, 6.07) is 5.98. The van der Waals surface area contributed by atoms with Crippen LogP contribution < -0.4 is 5.56 Å². The van der Waals surface area contributed by atoms with E-state index in [4.69, 9.17) is 9.72 Å². The van der Waals surface area contributed by atoms with Crippen LogP contribution in [0.15, 0.2) is 23.0 Å². The van der Waals surface area contributed by atoms with Gasteiger partial charge in [0.2, 0.25) is 0 Å². The third-order valence-corrected chi connectivity index (χ3v) is 6.04. The second kappa shape index (κ2) is 11.4. The van der Waals surface area contributed by atoms with Gasteiger partial charge in [-0.1, -0.05) is 48.5 Å². The van der Waals surface area contributed by atoms with Crippen molar-refractivity contribution in [3.63, 3.8) is 0 Å². The Kier molecular flexibility index (Phi) is 9.16. The molecule has 6 nitrogen and oxygen atoms in total. The Morgan fingerprint density at radius 1 is 1.00 bits per heavy atom. The fraction of sp³-hybridized carbons (Fsp3) is 0.464. The molecule has 6 heteroatoms. The van der Waals surface area contributed by atoms with Crippen LogP contribution in [-0.2, 0) is 29.1 Å². The molecular formula is C28H38N2O4. The number of nitrogens with zero attached hydrogens (tertiary/aromatic N) is 2. The van der Waals surface area contributed by atoms with Crippen LogP contribution in [-0.4, -0.2) is 20.6 Å². The molecule has 1 aromatic carbocycles. The lowest BCUT2D eigenvalue weighted by molar-refractivity contribution is -0.157. The molecule has 0 bridgehead atoms. The second-order valence-electron chi connectivity index (χ2n) is 7.59. The monoisotopic (exact) mass is 466 g/mol. The molecule has 1 atom stereocenters. The molecule has 184 valence electrons. The first-order chi connectivity index (χ1) is 16.4. The SMILES string of the molecule is CC.CC.CC.CCc1c2c(nc3cc(C)c(C)cc13)-c1cc3c(c(=O)n1C2)COC(=O)C3O. The van der Waals surface area contributed by atoms with Gasteiger partial charge in [-0.2, -0.15) is 0 Å². The van der Waals surface area contributed by atoms with Gasteiger partial charge in [0, 0.05) is 16.5 Å². The first-order valence-electron chi connectivity index (χ1n) is 12.4. The van der Waals surface area contributed by atoms with E-state index in [0.29, 0.717) is 23.4 Å². The zero-order valence-corrected chi connectivity index (χ0v) is 22.0. The van der Waals surface area contributed by atoms with Crippen molar-refractivity contribution in [2.24, 2.45) is 0 Å². The topological polar surface area (TPSA) is 81.4 Å². The summed E-state index contributed by atoms with van der Waals surface area (Å²) in [4.78, 5) is 29.7. The molecule has 1 unspecified atom stereocenters. The van der Waals surface area contributed by atoms with E-state index in [-0.39, 0.29) is 12.2 Å². The fourth-order valence-corrected chi connectivity index (χ4v) is 4.37. The van der Waals surface area contributed by atoms with Gasteiger partial charge in [-0.05, 0) is 55.2 Å². The van der Waals surface area contributed by atoms with Crippen molar-refractivity contribution in [3.05, 3.63) is 61.9 Å². The van der Waals surface area contributed by atoms with Gasteiger partial charge in [0.1, 0.15) is 6.61 Å². The fourth-order valence-electron chi connectivity index (χ4n) is 4.37. The summed E-state index contributed by atoms with van der Waals surface area (Å²) in [6.07, 6.45) is -0.598. The zero-order chi connectivity index (χ0) is 25.7. The summed E-state index contributed by atoms with van der Waals surface area (Å²) in [6.45, 7) is 18.6. The van der Waals surface area contributed by atoms with Crippen molar-refractivity contribution in [1.29, 1.82) is 0 Å². The van der Waals surface area contributed by atoms with Gasteiger partial charge in [0.05, 0.1) is 29.0 Å². The number of rotatable bonds is 1. The Morgan fingerprint density at radius 2 is 1.62 bits per heavy atom. The Balaban J connectivity index is 0.000000633. The molecule has 2 aliphatic rings. The third kappa shape index (κ3) is 4.39. The molecule has 34 heavy (non-hydrogen) atoms. The molecule has 4 heterocycles. The van der Waals surface area contributed by atoms with Crippen LogP contribution in [0.1, 0.15) is 88.0 Å². The predicted molar refractivity (Wildman–Crippen MR) is 138 cm³/mol. The van der Waals surface area contributed by atoms with Crippen LogP contribution in [0.5, 0.6) is 0 Å². The number of aliphatic hydroxyl groups excluding tert-OH is 1. The molecule has 0 amide bonds. The van der Waals surface area contributed by atoms with E-state index < -0.39 is 12.1 Å². The third-order valence-electron chi connectivity index (χ3n) is 6.04. The van der Waals surface area contributed by atoms with Crippen molar-refractivity contribution < 1.29 is 14.6 Å². The number of fused-ring (bicyclic) bond motifs is 5. The molecule has 1 N–H and O–H groups in total. The van der Waals surface area contributed by atoms with Gasteiger partial charge in [0.15, 0.2) is 6.10 Å². The highest BCUT2D eigenvalue weighted by molar-refractivity contribution is 5.89. The minimum atomic E-state index is -1.43. The summed E-state index contributed by atoms with van der Waals surface area (Å²) < 4.78 is 6.63. The van der Waals surface area contributed by atoms with E-state index in [1.807, 2.05) is 41.5 Å². The summed E-state index contributed by atoms with van der Waals surface area (Å²) >= 11 is 0. The van der Waals surface area contributed by atoms with Gasteiger partial charge < -0.3 is 14.4 Å². The Labute approximate surface area is 202 Å². The maximum atomic E-state index is 13.1. The van der Waals surface area contributed by atoms with Gasteiger partial charge in [-0.25, -0.2) is 9.78 Å². The van der Waals surface area contributed by atoms with Crippen molar-refractivity contribution in [2.75, 3.05) is 0 Å². The Morgan fingerprint density at radius 3 is 2.24 bits per heavy atom. The van der Waals surface area contributed by atoms with Crippen molar-refractivity contribution in [1.82, 2.24) is 9.55 Å². The Bertz CT molecular complexity index is 1260. The largest absolute Gasteiger partial charge is 0.458 e. The molecule has 0 spiro atoms. The first kappa shape index (κ1) is 27.3. The number of hydrogen-bond donors (Lipinski definition) is 1. The van der Waals surface area contributed by atoms with Crippen LogP contribution in [0.4, 0.5) is 0 Å². The number of aromatic nitrogens is 2. The smallest absolute Gasteiger partial charge is 0.340 e. The molecule has 0 saturated heterocycles. The van der Waals surface area contributed by atoms with E-state index >= 15 is 0 Å². The normalized spacial score (nSPS) is 14.8. The summed E-state index contributed by atoms with van der Waals surface area (Å²) in [5.41, 5.74) is 7.38. The van der Waals surface area contributed by atoms with Gasteiger partial charge in [-0.3, -0.25) is 4.79 Å². The molecule has 3 aromatic rings. The molecule has 0 aliphatic carbocycles. The lowest BCUT2D eigenvalue weighted by Gasteiger charge is -2.21. The number of esters is 1. The summed E-state index contributed by atoms with van der Waals surface area (Å²) in [5.74, 6) is -0.720. The van der Waals surface area contributed by atoms with E-state index in [9.17, 15) is 14.7 Å². The van der Waals surface area contributed by atoms with Crippen LogP contribution in [0.2, 0.25) is 0 Å². The first-order valence-corrected chi connectivity index (χ1v) is 12.4. The maximum Gasteiger partial charge on any atom is 0.340 e. The molecule has 2 aliphatic heterocycles. The Hall–Kier alpha value is -2.99. The minimum absolute atomic E-state index is 0.102. The van der Waals surface area contributed by atoms with Gasteiger partial charge >= 0.3 is 5.97 Å². The lowest BCUT2D eigenvalue weighted by atomic mass is 9.95. The molecule has 2 aromatic heterocycles. The van der Waals surface area contributed by atoms with Crippen LogP contribution in [0.25, 0.3) is 22.3 Å². The number of ether oxygens (including phenoxy) is 1. The number of carbonyl (C=O) groups is 1. The quantitative estimate of drug-likeness (QED) is 0.360. The van der Waals surface area contributed by atoms with E-state index in [2.05, 4.69) is 32.9 Å². The van der Waals surface area contributed by atoms with E-state index in [0.717, 1.165) is 28.6 Å². The number of benzene rings is 1. The summed E-state index contributed by atoms with van der Waals surface area (Å²) in [7, 11) is 0. The number of carbonyl (C=O) groups excluding carboxylic acids is 1. The van der Waals surface area contributed by atoms with E-state index in [1.165, 1.54) is 16.7 Å². The number of cyclic esters (lactones) is 1. The summed E-state index contributed by atoms with van der Waals surface area (Å²) in [5, 5.41) is 11.3. The van der Waals surface area contributed by atoms with Gasteiger partial charge in [-0.15, -0.1) is 0 Å². The standard InChI is InChI=1S/C22H20N2O4.3C2H6/c1-4-12-13-5-10(2)11(3)6-17(13)23-19-15(12)8-24-18(19)7-14-16(21(24)26)9-28-22(27)20(14)25;3*1-2/h5-7,20,25H,4,8-9H2,1-3H3;3*1-2H3. The maximum absolute atomic E-state index is 13.1. The number of pyridine rings is 2. The molecular weight excluding hydrogens is 428 g/mol. The highest BCUT2D eigenvalue weighted by Crippen LogP contribution is 2.38. The average molecular weight is 467 g/mol. The zero-order valence-electron chi connectivity index (χ0n) is 22.0. The van der Waals surface area contributed by atoms with E-state index in [1.54, 1.807) is 10.6 Å². The number of aliphatic hydroxyl groups is 1. The number of hydrogen-bond acceptors (Lipinski definition) is 5.